The van der Waals surface area contributed by atoms with Gasteiger partial charge in [0, 0.05) is 0 Å². The van der Waals surface area contributed by atoms with Crippen molar-refractivity contribution < 1.29 is 22.9 Å². The number of benzene rings is 1. The molecule has 0 fully saturated rings. The number of carboxylic acids is 1. The van der Waals surface area contributed by atoms with Crippen molar-refractivity contribution in [2.45, 2.75) is 37.0 Å². The molecule has 0 saturated carbocycles. The Labute approximate surface area is 106 Å². The molecule has 0 saturated heterocycles. The lowest BCUT2D eigenvalue weighted by atomic mass is 9.91. The molecule has 0 spiro atoms. The molecule has 2 N–H and O–H groups in total. The summed E-state index contributed by atoms with van der Waals surface area (Å²) < 4.78 is 30.6. The largest absolute Gasteiger partial charge is 0.481 e. The molecule has 0 aromatic heterocycles. The van der Waals surface area contributed by atoms with Gasteiger partial charge in [0.1, 0.15) is 0 Å². The van der Waals surface area contributed by atoms with E-state index in [9.17, 15) is 13.2 Å². The maximum atomic E-state index is 10.9. The normalized spacial score (nSPS) is 13.2. The molecule has 0 amide bonds. The van der Waals surface area contributed by atoms with Gasteiger partial charge in [0.05, 0.1) is 11.3 Å². The summed E-state index contributed by atoms with van der Waals surface area (Å²) in [7, 11) is -4.20. The van der Waals surface area contributed by atoms with E-state index in [4.69, 9.17) is 9.66 Å². The van der Waals surface area contributed by atoms with Gasteiger partial charge in [0.2, 0.25) is 0 Å². The smallest absolute Gasteiger partial charge is 0.303 e. The lowest BCUT2D eigenvalue weighted by Crippen LogP contribution is -2.07. The first-order chi connectivity index (χ1) is 8.34. The Hall–Kier alpha value is -1.40. The maximum absolute atomic E-state index is 10.9. The summed E-state index contributed by atoms with van der Waals surface area (Å²) in [6.07, 6.45) is 1.58. The number of carbonyl (C=O) groups is 1. The minimum absolute atomic E-state index is 0.0130. The van der Waals surface area contributed by atoms with E-state index in [-0.39, 0.29) is 17.2 Å². The van der Waals surface area contributed by atoms with Crippen molar-refractivity contribution in [3.8, 4) is 0 Å². The van der Waals surface area contributed by atoms with Crippen LogP contribution in [0.1, 0.15) is 37.7 Å². The highest BCUT2D eigenvalue weighted by atomic mass is 32.2. The topological polar surface area (TPSA) is 91.7 Å². The SMILES string of the molecule is CCCC(CC(=O)O)c1ccc(S(=O)(=O)O)cc1. The van der Waals surface area contributed by atoms with Gasteiger partial charge in [0.25, 0.3) is 10.1 Å². The number of rotatable bonds is 6. The molecule has 0 radical (unpaired) electrons. The Morgan fingerprint density at radius 2 is 1.83 bits per heavy atom. The fourth-order valence-corrected chi connectivity index (χ4v) is 2.34. The van der Waals surface area contributed by atoms with E-state index in [1.165, 1.54) is 12.1 Å². The summed E-state index contributed by atoms with van der Waals surface area (Å²) in [5.74, 6) is -1.02. The molecule has 6 heteroatoms. The van der Waals surface area contributed by atoms with Crippen molar-refractivity contribution >= 4 is 16.1 Å². The van der Waals surface area contributed by atoms with E-state index in [0.29, 0.717) is 0 Å². The second-order valence-electron chi connectivity index (χ2n) is 4.13. The Morgan fingerprint density at radius 1 is 1.28 bits per heavy atom. The predicted molar refractivity (Wildman–Crippen MR) is 66.2 cm³/mol. The Balaban J connectivity index is 2.96. The Bertz CT molecular complexity index is 504. The lowest BCUT2D eigenvalue weighted by Gasteiger charge is -2.14. The van der Waals surface area contributed by atoms with Crippen molar-refractivity contribution in [1.29, 1.82) is 0 Å². The van der Waals surface area contributed by atoms with E-state index < -0.39 is 16.1 Å². The van der Waals surface area contributed by atoms with Gasteiger partial charge >= 0.3 is 5.97 Å². The van der Waals surface area contributed by atoms with E-state index in [2.05, 4.69) is 0 Å². The zero-order valence-corrected chi connectivity index (χ0v) is 10.9. The molecular weight excluding hydrogens is 256 g/mol. The monoisotopic (exact) mass is 272 g/mol. The summed E-state index contributed by atoms with van der Waals surface area (Å²) in [5, 5.41) is 8.82. The van der Waals surface area contributed by atoms with Crippen LogP contribution in [-0.2, 0) is 14.9 Å². The zero-order valence-electron chi connectivity index (χ0n) is 10.0. The Morgan fingerprint density at radius 3 is 2.22 bits per heavy atom. The molecule has 0 aliphatic carbocycles. The van der Waals surface area contributed by atoms with Crippen LogP contribution < -0.4 is 0 Å². The van der Waals surface area contributed by atoms with Crippen LogP contribution in [0.25, 0.3) is 0 Å². The van der Waals surface area contributed by atoms with Crippen molar-refractivity contribution in [1.82, 2.24) is 0 Å². The van der Waals surface area contributed by atoms with Gasteiger partial charge in [0.15, 0.2) is 0 Å². The molecule has 0 aliphatic heterocycles. The van der Waals surface area contributed by atoms with Gasteiger partial charge in [-0.25, -0.2) is 0 Å². The van der Waals surface area contributed by atoms with E-state index in [1.807, 2.05) is 6.92 Å². The van der Waals surface area contributed by atoms with E-state index in [1.54, 1.807) is 12.1 Å². The van der Waals surface area contributed by atoms with Crippen LogP contribution in [0.2, 0.25) is 0 Å². The minimum Gasteiger partial charge on any atom is -0.481 e. The van der Waals surface area contributed by atoms with Crippen LogP contribution in [0, 0.1) is 0 Å². The lowest BCUT2D eigenvalue weighted by molar-refractivity contribution is -0.137. The van der Waals surface area contributed by atoms with Gasteiger partial charge < -0.3 is 5.11 Å². The average Bonchev–Trinajstić information content (AvgIpc) is 2.27. The van der Waals surface area contributed by atoms with E-state index >= 15 is 0 Å². The van der Waals surface area contributed by atoms with Crippen LogP contribution in [0.3, 0.4) is 0 Å². The van der Waals surface area contributed by atoms with Gasteiger partial charge in [-0.3, -0.25) is 9.35 Å². The molecule has 18 heavy (non-hydrogen) atoms. The zero-order chi connectivity index (χ0) is 13.8. The molecule has 1 unspecified atom stereocenters. The number of hydrogen-bond acceptors (Lipinski definition) is 3. The third kappa shape index (κ3) is 4.12. The minimum atomic E-state index is -4.20. The van der Waals surface area contributed by atoms with Crippen molar-refractivity contribution in [3.63, 3.8) is 0 Å². The van der Waals surface area contributed by atoms with E-state index in [0.717, 1.165) is 18.4 Å². The van der Waals surface area contributed by atoms with Gasteiger partial charge in [-0.1, -0.05) is 25.5 Å². The fraction of sp³-hybridized carbons (Fsp3) is 0.417. The highest BCUT2D eigenvalue weighted by molar-refractivity contribution is 7.85. The molecule has 0 bridgehead atoms. The molecule has 5 nitrogen and oxygen atoms in total. The summed E-state index contributed by atoms with van der Waals surface area (Å²) in [6, 6.07) is 5.67. The van der Waals surface area contributed by atoms with Crippen LogP contribution in [0.5, 0.6) is 0 Å². The fourth-order valence-electron chi connectivity index (χ4n) is 1.86. The second kappa shape index (κ2) is 5.97. The van der Waals surface area contributed by atoms with Crippen molar-refractivity contribution in [2.75, 3.05) is 0 Å². The summed E-state index contributed by atoms with van der Waals surface area (Å²) in [4.78, 5) is 10.6. The van der Waals surface area contributed by atoms with Crippen molar-refractivity contribution in [3.05, 3.63) is 29.8 Å². The molecule has 1 rings (SSSR count). The average molecular weight is 272 g/mol. The van der Waals surface area contributed by atoms with Crippen LogP contribution in [0.4, 0.5) is 0 Å². The molecule has 100 valence electrons. The highest BCUT2D eigenvalue weighted by Crippen LogP contribution is 2.26. The van der Waals surface area contributed by atoms with Gasteiger partial charge in [-0.15, -0.1) is 0 Å². The van der Waals surface area contributed by atoms with Gasteiger partial charge in [-0.2, -0.15) is 8.42 Å². The van der Waals surface area contributed by atoms with Gasteiger partial charge in [-0.05, 0) is 30.0 Å². The molecule has 0 aliphatic rings. The highest BCUT2D eigenvalue weighted by Gasteiger charge is 2.16. The van der Waals surface area contributed by atoms with Crippen LogP contribution in [-0.4, -0.2) is 24.0 Å². The second-order valence-corrected chi connectivity index (χ2v) is 5.55. The van der Waals surface area contributed by atoms with Crippen LogP contribution >= 0.6 is 0 Å². The predicted octanol–water partition coefficient (Wildman–Crippen LogP) is 2.29. The third-order valence-corrected chi connectivity index (χ3v) is 3.58. The number of carboxylic acid groups (broad SMARTS) is 1. The standard InChI is InChI=1S/C12H16O5S/c1-2-3-10(8-12(13)14)9-4-6-11(7-5-9)18(15,16)17/h4-7,10H,2-3,8H2,1H3,(H,13,14)(H,15,16,17). The molecule has 1 aromatic carbocycles. The summed E-state index contributed by atoms with van der Waals surface area (Å²) in [5.41, 5.74) is 0.770. The molecule has 1 aromatic rings. The maximum Gasteiger partial charge on any atom is 0.303 e. The summed E-state index contributed by atoms with van der Waals surface area (Å²) >= 11 is 0. The molecule has 1 atom stereocenters. The first-order valence-corrected chi connectivity index (χ1v) is 7.08. The molecular formula is C12H16O5S. The first-order valence-electron chi connectivity index (χ1n) is 5.63. The van der Waals surface area contributed by atoms with Crippen LogP contribution in [0.15, 0.2) is 29.2 Å². The quantitative estimate of drug-likeness (QED) is 0.775. The summed E-state index contributed by atoms with van der Waals surface area (Å²) in [6.45, 7) is 1.96. The van der Waals surface area contributed by atoms with Crippen molar-refractivity contribution in [2.24, 2.45) is 0 Å². The number of hydrogen-bond donors (Lipinski definition) is 2. The number of aliphatic carboxylic acids is 1. The third-order valence-electron chi connectivity index (χ3n) is 2.71. The molecule has 0 heterocycles. The Kier molecular flexibility index (Phi) is 4.86. The first kappa shape index (κ1) is 14.7.